The lowest BCUT2D eigenvalue weighted by atomic mass is 10.2. The highest BCUT2D eigenvalue weighted by atomic mass is 79.9. The number of carbonyl (C=O) groups is 1. The molecule has 1 aromatic heterocycles. The quantitative estimate of drug-likeness (QED) is 0.569. The second kappa shape index (κ2) is 6.68. The number of thiazole rings is 1. The smallest absolute Gasteiger partial charge is 0.283 e. The number of aromatic nitrogens is 1. The predicted octanol–water partition coefficient (Wildman–Crippen LogP) is 2.52. The summed E-state index contributed by atoms with van der Waals surface area (Å²) in [7, 11) is 0. The van der Waals surface area contributed by atoms with Gasteiger partial charge < -0.3 is 10.8 Å². The second-order valence-corrected chi connectivity index (χ2v) is 5.98. The molecule has 8 heteroatoms. The summed E-state index contributed by atoms with van der Waals surface area (Å²) in [6.07, 6.45) is 2.11. The van der Waals surface area contributed by atoms with Crippen molar-refractivity contribution in [3.05, 3.63) is 38.8 Å². The van der Waals surface area contributed by atoms with Gasteiger partial charge in [0.25, 0.3) is 5.91 Å². The summed E-state index contributed by atoms with van der Waals surface area (Å²) in [5, 5.41) is 13.6. The van der Waals surface area contributed by atoms with Gasteiger partial charge in [0.15, 0.2) is 5.13 Å². The standard InChI is InChI=1S/C13H13BrN4O2S/c1-2-9-11(21-13(15)17-9)12(20)18-16-6-7-3-4-10(19)8(14)5-7/h3-6,19H,2H2,1H3,(H2,15,17)(H,18,20)/b16-6-. The average molecular weight is 369 g/mol. The topological polar surface area (TPSA) is 101 Å². The number of phenols is 1. The molecule has 2 aromatic rings. The number of nitrogens with two attached hydrogens (primary N) is 1. The number of hydrogen-bond acceptors (Lipinski definition) is 6. The number of carbonyl (C=O) groups excluding carboxylic acids is 1. The third-order valence-electron chi connectivity index (χ3n) is 2.61. The van der Waals surface area contributed by atoms with Crippen LogP contribution < -0.4 is 11.2 Å². The Labute approximate surface area is 133 Å². The van der Waals surface area contributed by atoms with Crippen molar-refractivity contribution in [1.29, 1.82) is 0 Å². The van der Waals surface area contributed by atoms with E-state index >= 15 is 0 Å². The summed E-state index contributed by atoms with van der Waals surface area (Å²) in [5.74, 6) is -0.195. The Balaban J connectivity index is 2.06. The number of anilines is 1. The summed E-state index contributed by atoms with van der Waals surface area (Å²) in [4.78, 5) is 16.5. The Morgan fingerprint density at radius 2 is 2.38 bits per heavy atom. The van der Waals surface area contributed by atoms with Gasteiger partial charge in [0.05, 0.1) is 16.4 Å². The molecule has 4 N–H and O–H groups in total. The van der Waals surface area contributed by atoms with Crippen LogP contribution in [0.1, 0.15) is 27.9 Å². The van der Waals surface area contributed by atoms with Gasteiger partial charge in [0, 0.05) is 0 Å². The first-order valence-electron chi connectivity index (χ1n) is 6.08. The molecule has 0 atom stereocenters. The Morgan fingerprint density at radius 3 is 3.05 bits per heavy atom. The lowest BCUT2D eigenvalue weighted by molar-refractivity contribution is 0.0958. The van der Waals surface area contributed by atoms with Gasteiger partial charge in [-0.15, -0.1) is 0 Å². The highest BCUT2D eigenvalue weighted by Crippen LogP contribution is 2.23. The summed E-state index contributed by atoms with van der Waals surface area (Å²) >= 11 is 4.34. The molecule has 0 aliphatic carbocycles. The van der Waals surface area contributed by atoms with Crippen molar-refractivity contribution in [3.8, 4) is 5.75 Å². The number of halogens is 1. The molecule has 1 aromatic carbocycles. The van der Waals surface area contributed by atoms with Gasteiger partial charge in [-0.05, 0) is 46.1 Å². The molecule has 0 aliphatic heterocycles. The minimum Gasteiger partial charge on any atom is -0.507 e. The van der Waals surface area contributed by atoms with Crippen molar-refractivity contribution in [2.45, 2.75) is 13.3 Å². The number of rotatable bonds is 4. The summed E-state index contributed by atoms with van der Waals surface area (Å²) < 4.78 is 0.557. The van der Waals surface area contributed by atoms with E-state index in [1.54, 1.807) is 12.1 Å². The fourth-order valence-electron chi connectivity index (χ4n) is 1.61. The van der Waals surface area contributed by atoms with Gasteiger partial charge in [-0.1, -0.05) is 18.3 Å². The Hall–Kier alpha value is -1.93. The maximum atomic E-state index is 12.0. The van der Waals surface area contributed by atoms with Crippen molar-refractivity contribution in [2.24, 2.45) is 5.10 Å². The predicted molar refractivity (Wildman–Crippen MR) is 86.8 cm³/mol. The normalized spacial score (nSPS) is 11.0. The van der Waals surface area contributed by atoms with E-state index in [4.69, 9.17) is 5.73 Å². The number of aryl methyl sites for hydroxylation is 1. The van der Waals surface area contributed by atoms with Crippen molar-refractivity contribution in [1.82, 2.24) is 10.4 Å². The first-order valence-corrected chi connectivity index (χ1v) is 7.69. The Morgan fingerprint density at radius 1 is 1.62 bits per heavy atom. The minimum absolute atomic E-state index is 0.143. The van der Waals surface area contributed by atoms with Crippen LogP contribution in [0.4, 0.5) is 5.13 Å². The molecule has 0 unspecified atom stereocenters. The fraction of sp³-hybridized carbons (Fsp3) is 0.154. The summed E-state index contributed by atoms with van der Waals surface area (Å²) in [6.45, 7) is 1.91. The van der Waals surface area contributed by atoms with E-state index in [0.29, 0.717) is 26.6 Å². The van der Waals surface area contributed by atoms with Crippen LogP contribution in [0, 0.1) is 0 Å². The van der Waals surface area contributed by atoms with Crippen LogP contribution in [0.5, 0.6) is 5.75 Å². The average Bonchev–Trinajstić information content (AvgIpc) is 2.84. The zero-order valence-electron chi connectivity index (χ0n) is 11.1. The zero-order chi connectivity index (χ0) is 15.4. The first kappa shape index (κ1) is 15.5. The molecule has 0 radical (unpaired) electrons. The van der Waals surface area contributed by atoms with Crippen LogP contribution >= 0.6 is 27.3 Å². The second-order valence-electron chi connectivity index (χ2n) is 4.09. The molecular weight excluding hydrogens is 356 g/mol. The van der Waals surface area contributed by atoms with Gasteiger partial charge in [-0.2, -0.15) is 5.10 Å². The van der Waals surface area contributed by atoms with E-state index in [0.717, 1.165) is 16.9 Å². The maximum absolute atomic E-state index is 12.0. The van der Waals surface area contributed by atoms with E-state index in [9.17, 15) is 9.90 Å². The SMILES string of the molecule is CCc1nc(N)sc1C(=O)N/N=C\c1ccc(O)c(Br)c1. The van der Waals surface area contributed by atoms with Crippen LogP contribution in [0.3, 0.4) is 0 Å². The molecule has 110 valence electrons. The largest absolute Gasteiger partial charge is 0.507 e. The van der Waals surface area contributed by atoms with Crippen molar-refractivity contribution in [2.75, 3.05) is 5.73 Å². The number of amides is 1. The molecular formula is C13H13BrN4O2S. The van der Waals surface area contributed by atoms with Gasteiger partial charge in [-0.3, -0.25) is 4.79 Å². The van der Waals surface area contributed by atoms with Crippen LogP contribution in [0.25, 0.3) is 0 Å². The highest BCUT2D eigenvalue weighted by Gasteiger charge is 2.15. The number of nitrogens with zero attached hydrogens (tertiary/aromatic N) is 2. The van der Waals surface area contributed by atoms with Gasteiger partial charge >= 0.3 is 0 Å². The van der Waals surface area contributed by atoms with Crippen LogP contribution in [-0.4, -0.2) is 22.2 Å². The van der Waals surface area contributed by atoms with E-state index in [-0.39, 0.29) is 11.7 Å². The lowest BCUT2D eigenvalue weighted by Gasteiger charge is -1.99. The molecule has 1 amide bonds. The molecule has 0 aliphatic rings. The third-order valence-corrected chi connectivity index (χ3v) is 4.17. The molecule has 0 saturated carbocycles. The van der Waals surface area contributed by atoms with E-state index in [1.165, 1.54) is 12.3 Å². The Bertz CT molecular complexity index is 699. The number of hydrogen-bond donors (Lipinski definition) is 3. The van der Waals surface area contributed by atoms with Crippen molar-refractivity contribution >= 4 is 44.5 Å². The molecule has 1 heterocycles. The van der Waals surface area contributed by atoms with E-state index in [1.807, 2.05) is 6.92 Å². The van der Waals surface area contributed by atoms with Crippen LogP contribution in [-0.2, 0) is 6.42 Å². The van der Waals surface area contributed by atoms with Gasteiger partial charge in [-0.25, -0.2) is 10.4 Å². The van der Waals surface area contributed by atoms with Crippen molar-refractivity contribution < 1.29 is 9.90 Å². The number of nitrogen functional groups attached to an aromatic ring is 1. The molecule has 21 heavy (non-hydrogen) atoms. The summed E-state index contributed by atoms with van der Waals surface area (Å²) in [5.41, 5.74) is 9.44. The van der Waals surface area contributed by atoms with Gasteiger partial charge in [0.1, 0.15) is 10.6 Å². The monoisotopic (exact) mass is 368 g/mol. The number of benzene rings is 1. The first-order chi connectivity index (χ1) is 10.0. The minimum atomic E-state index is -0.338. The van der Waals surface area contributed by atoms with E-state index < -0.39 is 0 Å². The number of phenolic OH excluding ortho intramolecular Hbond substituents is 1. The molecule has 2 rings (SSSR count). The Kier molecular flexibility index (Phi) is 4.92. The number of hydrazone groups is 1. The highest BCUT2D eigenvalue weighted by molar-refractivity contribution is 9.10. The maximum Gasteiger partial charge on any atom is 0.283 e. The van der Waals surface area contributed by atoms with Crippen molar-refractivity contribution in [3.63, 3.8) is 0 Å². The van der Waals surface area contributed by atoms with E-state index in [2.05, 4.69) is 31.4 Å². The molecule has 0 spiro atoms. The zero-order valence-corrected chi connectivity index (χ0v) is 13.5. The molecule has 0 saturated heterocycles. The molecule has 0 fully saturated rings. The van der Waals surface area contributed by atoms with Crippen LogP contribution in [0.2, 0.25) is 0 Å². The fourth-order valence-corrected chi connectivity index (χ4v) is 2.81. The molecule has 6 nitrogen and oxygen atoms in total. The lowest BCUT2D eigenvalue weighted by Crippen LogP contribution is -2.17. The van der Waals surface area contributed by atoms with Crippen LogP contribution in [0.15, 0.2) is 27.8 Å². The van der Waals surface area contributed by atoms with Gasteiger partial charge in [0.2, 0.25) is 0 Å². The summed E-state index contributed by atoms with van der Waals surface area (Å²) in [6, 6.07) is 4.90. The number of aromatic hydroxyl groups is 1. The third kappa shape index (κ3) is 3.79. The molecule has 0 bridgehead atoms. The number of nitrogens with one attached hydrogen (secondary N) is 1.